The third kappa shape index (κ3) is 2.72. The lowest BCUT2D eigenvalue weighted by Crippen LogP contribution is -1.94. The van der Waals surface area contributed by atoms with Crippen LogP contribution in [0.25, 0.3) is 0 Å². The fourth-order valence-corrected chi connectivity index (χ4v) is 1.43. The fraction of sp³-hybridized carbons (Fsp3) is 0.0909. The lowest BCUT2D eigenvalue weighted by atomic mass is 10.2. The number of non-ortho nitro benzene ring substituents is 1. The molecule has 0 spiro atoms. The van der Waals surface area contributed by atoms with Gasteiger partial charge in [0, 0.05) is 18.2 Å². The largest absolute Gasteiger partial charge is 0.437 e. The van der Waals surface area contributed by atoms with E-state index >= 15 is 0 Å². The van der Waals surface area contributed by atoms with E-state index in [-0.39, 0.29) is 16.7 Å². The summed E-state index contributed by atoms with van der Waals surface area (Å²) in [6.45, 7) is 1.71. The molecule has 0 N–H and O–H groups in total. The van der Waals surface area contributed by atoms with E-state index in [1.807, 2.05) is 0 Å². The van der Waals surface area contributed by atoms with Crippen molar-refractivity contribution in [1.82, 2.24) is 10.2 Å². The van der Waals surface area contributed by atoms with Gasteiger partial charge in [-0.3, -0.25) is 10.1 Å². The number of halogens is 1. The van der Waals surface area contributed by atoms with Crippen LogP contribution in [-0.2, 0) is 0 Å². The Hall–Kier alpha value is -2.21. The van der Waals surface area contributed by atoms with Gasteiger partial charge in [-0.25, -0.2) is 0 Å². The van der Waals surface area contributed by atoms with Crippen LogP contribution in [0.5, 0.6) is 11.6 Å². The highest BCUT2D eigenvalue weighted by atomic mass is 35.5. The Morgan fingerprint density at radius 2 is 2.06 bits per heavy atom. The van der Waals surface area contributed by atoms with Crippen LogP contribution in [0.1, 0.15) is 5.56 Å². The molecular weight excluding hydrogens is 258 g/mol. The third-order valence-electron chi connectivity index (χ3n) is 2.19. The number of hydrogen-bond donors (Lipinski definition) is 0. The molecule has 0 bridgehead atoms. The van der Waals surface area contributed by atoms with Crippen LogP contribution < -0.4 is 4.74 Å². The Bertz CT molecular complexity index is 587. The van der Waals surface area contributed by atoms with E-state index in [2.05, 4.69) is 10.2 Å². The van der Waals surface area contributed by atoms with Gasteiger partial charge in [0.05, 0.1) is 4.92 Å². The molecule has 2 aromatic rings. The normalized spacial score (nSPS) is 10.1. The number of ether oxygens (including phenoxy) is 1. The molecule has 0 saturated carbocycles. The van der Waals surface area contributed by atoms with Gasteiger partial charge in [-0.2, -0.15) is 0 Å². The van der Waals surface area contributed by atoms with E-state index < -0.39 is 4.92 Å². The maximum atomic E-state index is 10.6. The van der Waals surface area contributed by atoms with Gasteiger partial charge in [0.1, 0.15) is 5.75 Å². The number of nitro groups is 1. The van der Waals surface area contributed by atoms with Crippen LogP contribution >= 0.6 is 11.6 Å². The van der Waals surface area contributed by atoms with Gasteiger partial charge in [0.2, 0.25) is 5.88 Å². The predicted molar refractivity (Wildman–Crippen MR) is 64.9 cm³/mol. The van der Waals surface area contributed by atoms with Crippen molar-refractivity contribution in [3.8, 4) is 11.6 Å². The first-order valence-corrected chi connectivity index (χ1v) is 5.36. The summed E-state index contributed by atoms with van der Waals surface area (Å²) in [4.78, 5) is 10.1. The highest BCUT2D eigenvalue weighted by Crippen LogP contribution is 2.26. The zero-order valence-electron chi connectivity index (χ0n) is 9.33. The van der Waals surface area contributed by atoms with Crippen molar-refractivity contribution >= 4 is 17.3 Å². The maximum Gasteiger partial charge on any atom is 0.269 e. The van der Waals surface area contributed by atoms with Crippen molar-refractivity contribution in [2.75, 3.05) is 0 Å². The van der Waals surface area contributed by atoms with E-state index in [4.69, 9.17) is 16.3 Å². The Labute approximate surface area is 107 Å². The van der Waals surface area contributed by atoms with E-state index in [0.717, 1.165) is 0 Å². The Morgan fingerprint density at radius 1 is 1.28 bits per heavy atom. The minimum atomic E-state index is -0.459. The Kier molecular flexibility index (Phi) is 3.38. The summed E-state index contributed by atoms with van der Waals surface area (Å²) >= 11 is 5.60. The lowest BCUT2D eigenvalue weighted by Gasteiger charge is -2.06. The third-order valence-corrected chi connectivity index (χ3v) is 2.39. The molecule has 6 nitrogen and oxygen atoms in total. The topological polar surface area (TPSA) is 78.2 Å². The molecule has 0 amide bonds. The molecule has 0 fully saturated rings. The average molecular weight is 266 g/mol. The molecule has 0 aliphatic rings. The number of benzene rings is 1. The zero-order valence-corrected chi connectivity index (χ0v) is 10.1. The summed E-state index contributed by atoms with van der Waals surface area (Å²) in [5.74, 6) is 0.758. The van der Waals surface area contributed by atoms with E-state index in [1.165, 1.54) is 18.2 Å². The highest BCUT2D eigenvalue weighted by molar-refractivity contribution is 6.29. The molecule has 92 valence electrons. The zero-order chi connectivity index (χ0) is 13.1. The fourth-order valence-electron chi connectivity index (χ4n) is 1.33. The van der Waals surface area contributed by atoms with Gasteiger partial charge in [-0.15, -0.1) is 10.2 Å². The number of aryl methyl sites for hydroxylation is 1. The first-order valence-electron chi connectivity index (χ1n) is 4.98. The molecule has 2 rings (SSSR count). The smallest absolute Gasteiger partial charge is 0.269 e. The number of aromatic nitrogens is 2. The lowest BCUT2D eigenvalue weighted by molar-refractivity contribution is -0.384. The summed E-state index contributed by atoms with van der Waals surface area (Å²) in [5.41, 5.74) is 0.656. The minimum Gasteiger partial charge on any atom is -0.437 e. The first kappa shape index (κ1) is 12.3. The van der Waals surface area contributed by atoms with Crippen molar-refractivity contribution in [1.29, 1.82) is 0 Å². The second-order valence-corrected chi connectivity index (χ2v) is 3.89. The van der Waals surface area contributed by atoms with Crippen molar-refractivity contribution in [3.63, 3.8) is 0 Å². The first-order chi connectivity index (χ1) is 8.56. The quantitative estimate of drug-likeness (QED) is 0.629. The van der Waals surface area contributed by atoms with E-state index in [0.29, 0.717) is 11.3 Å². The molecule has 0 aliphatic heterocycles. The van der Waals surface area contributed by atoms with Crippen LogP contribution in [-0.4, -0.2) is 15.1 Å². The van der Waals surface area contributed by atoms with Gasteiger partial charge in [-0.1, -0.05) is 11.6 Å². The molecule has 1 heterocycles. The highest BCUT2D eigenvalue weighted by Gasteiger charge is 2.10. The molecule has 0 unspecified atom stereocenters. The molecule has 0 saturated heterocycles. The Balaban J connectivity index is 2.24. The Morgan fingerprint density at radius 3 is 2.61 bits per heavy atom. The van der Waals surface area contributed by atoms with Gasteiger partial charge >= 0.3 is 0 Å². The molecule has 0 aliphatic carbocycles. The summed E-state index contributed by atoms with van der Waals surface area (Å²) < 4.78 is 5.44. The summed E-state index contributed by atoms with van der Waals surface area (Å²) in [5, 5.41) is 18.2. The van der Waals surface area contributed by atoms with Crippen LogP contribution in [0.4, 0.5) is 5.69 Å². The van der Waals surface area contributed by atoms with Crippen LogP contribution in [0.2, 0.25) is 5.15 Å². The van der Waals surface area contributed by atoms with Gasteiger partial charge in [0.25, 0.3) is 5.69 Å². The van der Waals surface area contributed by atoms with Gasteiger partial charge < -0.3 is 4.74 Å². The summed E-state index contributed by atoms with van der Waals surface area (Å²) in [6.07, 6.45) is 0. The molecule has 7 heteroatoms. The minimum absolute atomic E-state index is 0.0158. The van der Waals surface area contributed by atoms with Crippen molar-refractivity contribution in [3.05, 3.63) is 51.2 Å². The van der Waals surface area contributed by atoms with Crippen molar-refractivity contribution < 1.29 is 9.66 Å². The van der Waals surface area contributed by atoms with Crippen molar-refractivity contribution in [2.45, 2.75) is 6.92 Å². The summed E-state index contributed by atoms with van der Waals surface area (Å²) in [7, 11) is 0. The molecule has 0 radical (unpaired) electrons. The number of rotatable bonds is 3. The number of nitro benzene ring substituents is 1. The van der Waals surface area contributed by atoms with Gasteiger partial charge in [-0.05, 0) is 24.6 Å². The second kappa shape index (κ2) is 4.97. The standard InChI is InChI=1S/C11H8ClN3O3/c1-7-6-8(15(16)17)2-3-9(7)18-11-5-4-10(12)13-14-11/h2-6H,1H3. The van der Waals surface area contributed by atoms with Gasteiger partial charge in [0.15, 0.2) is 5.15 Å². The predicted octanol–water partition coefficient (Wildman–Crippen LogP) is 3.14. The number of nitrogens with zero attached hydrogens (tertiary/aromatic N) is 3. The van der Waals surface area contributed by atoms with Crippen LogP contribution in [0.15, 0.2) is 30.3 Å². The van der Waals surface area contributed by atoms with E-state index in [9.17, 15) is 10.1 Å². The van der Waals surface area contributed by atoms with Crippen molar-refractivity contribution in [2.24, 2.45) is 0 Å². The molecule has 18 heavy (non-hydrogen) atoms. The monoisotopic (exact) mass is 265 g/mol. The van der Waals surface area contributed by atoms with Crippen LogP contribution in [0.3, 0.4) is 0 Å². The second-order valence-electron chi connectivity index (χ2n) is 3.50. The van der Waals surface area contributed by atoms with Crippen LogP contribution in [0, 0.1) is 17.0 Å². The maximum absolute atomic E-state index is 10.6. The molecule has 1 aromatic heterocycles. The summed E-state index contributed by atoms with van der Waals surface area (Å²) in [6, 6.07) is 7.43. The molecule has 0 atom stereocenters. The number of hydrogen-bond acceptors (Lipinski definition) is 5. The molecular formula is C11H8ClN3O3. The van der Waals surface area contributed by atoms with E-state index in [1.54, 1.807) is 19.1 Å². The SMILES string of the molecule is Cc1cc([N+](=O)[O-])ccc1Oc1ccc(Cl)nn1. The molecule has 1 aromatic carbocycles. The average Bonchev–Trinajstić information content (AvgIpc) is 2.34.